The number of nitrogens with one attached hydrogen (secondary N) is 1. The monoisotopic (exact) mass is 289 g/mol. The van der Waals surface area contributed by atoms with Crippen molar-refractivity contribution >= 4 is 11.7 Å². The molecule has 1 aromatic carbocycles. The van der Waals surface area contributed by atoms with Gasteiger partial charge in [0.1, 0.15) is 0 Å². The number of hydrogen-bond acceptors (Lipinski definition) is 3. The van der Waals surface area contributed by atoms with Crippen LogP contribution in [-0.4, -0.2) is 28.9 Å². The fourth-order valence-electron chi connectivity index (χ4n) is 3.01. The van der Waals surface area contributed by atoms with E-state index in [1.54, 1.807) is 6.07 Å². The van der Waals surface area contributed by atoms with Crippen LogP contribution in [0.4, 0.5) is 0 Å². The summed E-state index contributed by atoms with van der Waals surface area (Å²) in [5, 5.41) is 12.5. The first-order chi connectivity index (χ1) is 10.0. The molecule has 2 rings (SSSR count). The number of aliphatic hydroxyl groups excluding tert-OH is 1. The van der Waals surface area contributed by atoms with Crippen molar-refractivity contribution in [2.24, 2.45) is 0 Å². The Morgan fingerprint density at radius 2 is 2.14 bits per heavy atom. The van der Waals surface area contributed by atoms with Crippen LogP contribution in [0.15, 0.2) is 24.3 Å². The molecular weight excluding hydrogens is 266 g/mol. The molecule has 0 heterocycles. The van der Waals surface area contributed by atoms with Gasteiger partial charge in [0.15, 0.2) is 5.78 Å². The molecule has 1 aromatic rings. The molecule has 4 heteroatoms. The van der Waals surface area contributed by atoms with Gasteiger partial charge in [0.05, 0.1) is 18.1 Å². The van der Waals surface area contributed by atoms with Crippen LogP contribution in [-0.2, 0) is 4.79 Å². The van der Waals surface area contributed by atoms with Gasteiger partial charge in [0.2, 0.25) is 5.91 Å². The van der Waals surface area contributed by atoms with Crippen LogP contribution in [0.3, 0.4) is 0 Å². The number of ketones is 1. The van der Waals surface area contributed by atoms with Gasteiger partial charge >= 0.3 is 0 Å². The van der Waals surface area contributed by atoms with Crippen LogP contribution >= 0.6 is 0 Å². The number of rotatable bonds is 5. The molecule has 0 spiro atoms. The summed E-state index contributed by atoms with van der Waals surface area (Å²) in [5.41, 5.74) is 0.871. The fraction of sp³-hybridized carbons (Fsp3) is 0.529. The van der Waals surface area contributed by atoms with Crippen molar-refractivity contribution in [3.8, 4) is 0 Å². The van der Waals surface area contributed by atoms with E-state index in [1.165, 1.54) is 0 Å². The number of aliphatic hydroxyl groups is 1. The standard InChI is InChI=1S/C17H23NO3/c1-3-10-17(2,11-19)18-16(21)14-8-9-15(20)13-7-5-4-6-12(13)14/h4-7,14,19H,3,8-11H2,1-2H3,(H,18,21)/t14-,17+/m1/s1. The molecule has 0 radical (unpaired) electrons. The highest BCUT2D eigenvalue weighted by Crippen LogP contribution is 2.32. The lowest BCUT2D eigenvalue weighted by molar-refractivity contribution is -0.125. The Labute approximate surface area is 125 Å². The molecule has 2 atom stereocenters. The van der Waals surface area contributed by atoms with Crippen LogP contribution < -0.4 is 5.32 Å². The summed E-state index contributed by atoms with van der Waals surface area (Å²) in [4.78, 5) is 24.5. The summed E-state index contributed by atoms with van der Waals surface area (Å²) in [6.07, 6.45) is 2.55. The maximum Gasteiger partial charge on any atom is 0.228 e. The van der Waals surface area contributed by atoms with E-state index in [1.807, 2.05) is 32.0 Å². The summed E-state index contributed by atoms with van der Waals surface area (Å²) >= 11 is 0. The second kappa shape index (κ2) is 6.39. The van der Waals surface area contributed by atoms with E-state index in [0.717, 1.165) is 18.4 Å². The lowest BCUT2D eigenvalue weighted by Gasteiger charge is -2.32. The average Bonchev–Trinajstić information content (AvgIpc) is 2.48. The van der Waals surface area contributed by atoms with Gasteiger partial charge in [-0.2, -0.15) is 0 Å². The zero-order valence-corrected chi connectivity index (χ0v) is 12.7. The Kier molecular flexibility index (Phi) is 4.78. The molecule has 0 aromatic heterocycles. The third kappa shape index (κ3) is 3.32. The van der Waals surface area contributed by atoms with E-state index in [9.17, 15) is 14.7 Å². The molecule has 0 saturated carbocycles. The maximum absolute atomic E-state index is 12.6. The third-order valence-electron chi connectivity index (χ3n) is 4.19. The number of benzene rings is 1. The lowest BCUT2D eigenvalue weighted by atomic mass is 9.81. The first-order valence-corrected chi connectivity index (χ1v) is 7.56. The molecule has 1 aliphatic rings. The average molecular weight is 289 g/mol. The smallest absolute Gasteiger partial charge is 0.228 e. The Morgan fingerprint density at radius 1 is 1.43 bits per heavy atom. The topological polar surface area (TPSA) is 66.4 Å². The molecule has 0 saturated heterocycles. The second-order valence-electron chi connectivity index (χ2n) is 6.06. The number of carbonyl (C=O) groups excluding carboxylic acids is 2. The third-order valence-corrected chi connectivity index (χ3v) is 4.19. The molecule has 0 aliphatic heterocycles. The van der Waals surface area contributed by atoms with E-state index in [-0.39, 0.29) is 24.2 Å². The molecule has 2 N–H and O–H groups in total. The summed E-state index contributed by atoms with van der Waals surface area (Å²) in [6.45, 7) is 3.79. The van der Waals surface area contributed by atoms with Crippen molar-refractivity contribution in [2.75, 3.05) is 6.61 Å². The highest BCUT2D eigenvalue weighted by Gasteiger charge is 2.33. The quantitative estimate of drug-likeness (QED) is 0.875. The van der Waals surface area contributed by atoms with E-state index in [4.69, 9.17) is 0 Å². The van der Waals surface area contributed by atoms with Crippen LogP contribution in [0.25, 0.3) is 0 Å². The fourth-order valence-corrected chi connectivity index (χ4v) is 3.01. The number of hydrogen-bond donors (Lipinski definition) is 2. The van der Waals surface area contributed by atoms with E-state index in [2.05, 4.69) is 5.32 Å². The Morgan fingerprint density at radius 3 is 2.81 bits per heavy atom. The molecule has 0 bridgehead atoms. The molecular formula is C17H23NO3. The minimum atomic E-state index is -0.595. The normalized spacial score (nSPS) is 20.5. The van der Waals surface area contributed by atoms with Crippen molar-refractivity contribution in [2.45, 2.75) is 51.0 Å². The van der Waals surface area contributed by atoms with Gasteiger partial charge in [0.25, 0.3) is 0 Å². The predicted octanol–water partition coefficient (Wildman–Crippen LogP) is 2.41. The maximum atomic E-state index is 12.6. The van der Waals surface area contributed by atoms with Gasteiger partial charge in [-0.1, -0.05) is 37.6 Å². The molecule has 114 valence electrons. The number of amides is 1. The Balaban J connectivity index is 2.21. The number of Topliss-reactive ketones (excluding diaryl/α,β-unsaturated/α-hetero) is 1. The van der Waals surface area contributed by atoms with Crippen LogP contribution in [0, 0.1) is 0 Å². The zero-order valence-electron chi connectivity index (χ0n) is 12.7. The highest BCUT2D eigenvalue weighted by atomic mass is 16.3. The number of carbonyl (C=O) groups is 2. The van der Waals surface area contributed by atoms with Crippen LogP contribution in [0.1, 0.15) is 61.4 Å². The summed E-state index contributed by atoms with van der Waals surface area (Å²) in [7, 11) is 0. The van der Waals surface area contributed by atoms with Gasteiger partial charge < -0.3 is 10.4 Å². The Hall–Kier alpha value is -1.68. The SMILES string of the molecule is CCC[C@@](C)(CO)NC(=O)[C@@H]1CCC(=O)c2ccccc21. The van der Waals surface area contributed by atoms with Crippen molar-refractivity contribution < 1.29 is 14.7 Å². The van der Waals surface area contributed by atoms with Gasteiger partial charge in [-0.15, -0.1) is 0 Å². The van der Waals surface area contributed by atoms with Crippen molar-refractivity contribution in [1.82, 2.24) is 5.32 Å². The van der Waals surface area contributed by atoms with Gasteiger partial charge in [0, 0.05) is 12.0 Å². The van der Waals surface area contributed by atoms with E-state index in [0.29, 0.717) is 18.4 Å². The summed E-state index contributed by atoms with van der Waals surface area (Å²) < 4.78 is 0. The molecule has 21 heavy (non-hydrogen) atoms. The lowest BCUT2D eigenvalue weighted by Crippen LogP contribution is -2.50. The van der Waals surface area contributed by atoms with Crippen LogP contribution in [0.2, 0.25) is 0 Å². The predicted molar refractivity (Wildman–Crippen MR) is 81.3 cm³/mol. The summed E-state index contributed by atoms with van der Waals surface area (Å²) in [6, 6.07) is 7.32. The van der Waals surface area contributed by atoms with Crippen molar-refractivity contribution in [1.29, 1.82) is 0 Å². The van der Waals surface area contributed by atoms with Gasteiger partial charge in [-0.25, -0.2) is 0 Å². The van der Waals surface area contributed by atoms with Crippen LogP contribution in [0.5, 0.6) is 0 Å². The van der Waals surface area contributed by atoms with Gasteiger partial charge in [-0.3, -0.25) is 9.59 Å². The van der Waals surface area contributed by atoms with E-state index < -0.39 is 5.54 Å². The highest BCUT2D eigenvalue weighted by molar-refractivity contribution is 6.01. The largest absolute Gasteiger partial charge is 0.394 e. The van der Waals surface area contributed by atoms with Crippen molar-refractivity contribution in [3.63, 3.8) is 0 Å². The van der Waals surface area contributed by atoms with Crippen molar-refractivity contribution in [3.05, 3.63) is 35.4 Å². The zero-order chi connectivity index (χ0) is 15.5. The minimum Gasteiger partial charge on any atom is -0.394 e. The van der Waals surface area contributed by atoms with E-state index >= 15 is 0 Å². The number of fused-ring (bicyclic) bond motifs is 1. The molecule has 1 aliphatic carbocycles. The first kappa shape index (κ1) is 15.7. The molecule has 1 amide bonds. The minimum absolute atomic E-state index is 0.0835. The Bertz CT molecular complexity index is 541. The second-order valence-corrected chi connectivity index (χ2v) is 6.06. The molecule has 0 fully saturated rings. The first-order valence-electron chi connectivity index (χ1n) is 7.56. The molecule has 0 unspecified atom stereocenters. The summed E-state index contributed by atoms with van der Waals surface area (Å²) in [5.74, 6) is -0.297. The molecule has 4 nitrogen and oxygen atoms in total. The van der Waals surface area contributed by atoms with Gasteiger partial charge in [-0.05, 0) is 25.3 Å².